The second-order valence-corrected chi connectivity index (χ2v) is 7.10. The number of carbonyl (C=O) groups is 2. The maximum atomic E-state index is 12.3. The van der Waals surface area contributed by atoms with Crippen molar-refractivity contribution in [1.82, 2.24) is 0 Å². The van der Waals surface area contributed by atoms with Crippen LogP contribution in [0.15, 0.2) is 47.4 Å². The number of ketones is 1. The van der Waals surface area contributed by atoms with Crippen LogP contribution in [-0.4, -0.2) is 16.9 Å². The highest BCUT2D eigenvalue weighted by Gasteiger charge is 2.18. The third-order valence-corrected chi connectivity index (χ3v) is 5.22. The van der Waals surface area contributed by atoms with Crippen molar-refractivity contribution < 1.29 is 9.59 Å². The van der Waals surface area contributed by atoms with Crippen LogP contribution in [0, 0.1) is 0 Å². The Morgan fingerprint density at radius 2 is 1.70 bits per heavy atom. The quantitative estimate of drug-likeness (QED) is 0.574. The zero-order valence-electron chi connectivity index (χ0n) is 12.6. The van der Waals surface area contributed by atoms with Gasteiger partial charge in [-0.3, -0.25) is 9.59 Å². The number of benzene rings is 2. The molecule has 0 unspecified atom stereocenters. The number of anilines is 1. The Morgan fingerprint density at radius 1 is 1.09 bits per heavy atom. The zero-order chi connectivity index (χ0) is 17.0. The lowest BCUT2D eigenvalue weighted by Gasteiger charge is -2.14. The molecule has 2 aromatic rings. The molecule has 1 amide bonds. The van der Waals surface area contributed by atoms with E-state index in [-0.39, 0.29) is 11.7 Å². The molecule has 0 radical (unpaired) electrons. The first-order valence-electron chi connectivity index (χ1n) is 6.91. The number of hydrogen-bond acceptors (Lipinski definition) is 3. The van der Waals surface area contributed by atoms with E-state index in [0.717, 1.165) is 0 Å². The van der Waals surface area contributed by atoms with E-state index in [1.165, 1.54) is 18.7 Å². The predicted octanol–water partition coefficient (Wildman–Crippen LogP) is 5.32. The van der Waals surface area contributed by atoms with Crippen LogP contribution in [0.2, 0.25) is 10.0 Å². The molecular weight excluding hydrogens is 353 g/mol. The summed E-state index contributed by atoms with van der Waals surface area (Å²) in [6.45, 7) is 3.26. The lowest BCUT2D eigenvalue weighted by molar-refractivity contribution is -0.115. The first kappa shape index (κ1) is 17.9. The van der Waals surface area contributed by atoms with Gasteiger partial charge in [-0.2, -0.15) is 0 Å². The number of thioether (sulfide) groups is 1. The summed E-state index contributed by atoms with van der Waals surface area (Å²) in [5.41, 5.74) is 1.14. The maximum Gasteiger partial charge on any atom is 0.237 e. The van der Waals surface area contributed by atoms with Crippen molar-refractivity contribution in [3.63, 3.8) is 0 Å². The fraction of sp³-hybridized carbons (Fsp3) is 0.176. The number of rotatable bonds is 5. The lowest BCUT2D eigenvalue weighted by Crippen LogP contribution is -2.22. The minimum atomic E-state index is -0.395. The fourth-order valence-corrected chi connectivity index (χ4v) is 3.43. The zero-order valence-corrected chi connectivity index (χ0v) is 14.9. The summed E-state index contributed by atoms with van der Waals surface area (Å²) in [6.07, 6.45) is 0. The van der Waals surface area contributed by atoms with Gasteiger partial charge in [0, 0.05) is 16.1 Å². The Hall–Kier alpha value is -1.49. The molecule has 0 heterocycles. The number of hydrogen-bond donors (Lipinski definition) is 1. The topological polar surface area (TPSA) is 46.2 Å². The molecule has 0 spiro atoms. The van der Waals surface area contributed by atoms with Crippen molar-refractivity contribution in [2.45, 2.75) is 24.0 Å². The molecule has 1 N–H and O–H groups in total. The van der Waals surface area contributed by atoms with Gasteiger partial charge in [0.25, 0.3) is 0 Å². The molecule has 1 atom stereocenters. The molecule has 0 fully saturated rings. The minimum Gasteiger partial charge on any atom is -0.325 e. The Bertz CT molecular complexity index is 729. The van der Waals surface area contributed by atoms with Crippen LogP contribution in [0.25, 0.3) is 0 Å². The summed E-state index contributed by atoms with van der Waals surface area (Å²) in [5, 5.41) is 3.43. The van der Waals surface area contributed by atoms with Gasteiger partial charge in [-0.15, -0.1) is 11.8 Å². The van der Waals surface area contributed by atoms with Gasteiger partial charge in [-0.1, -0.05) is 41.4 Å². The van der Waals surface area contributed by atoms with E-state index in [1.807, 2.05) is 0 Å². The molecule has 0 bridgehead atoms. The highest BCUT2D eigenvalue weighted by Crippen LogP contribution is 2.36. The van der Waals surface area contributed by atoms with Gasteiger partial charge in [0.1, 0.15) is 0 Å². The number of nitrogens with one attached hydrogen (secondary N) is 1. The number of carbonyl (C=O) groups excluding carboxylic acids is 2. The van der Waals surface area contributed by atoms with Crippen LogP contribution < -0.4 is 5.32 Å². The Balaban J connectivity index is 2.08. The monoisotopic (exact) mass is 367 g/mol. The Kier molecular flexibility index (Phi) is 6.10. The number of amides is 1. The molecule has 3 nitrogen and oxygen atoms in total. The third-order valence-electron chi connectivity index (χ3n) is 3.12. The average molecular weight is 368 g/mol. The smallest absolute Gasteiger partial charge is 0.237 e. The van der Waals surface area contributed by atoms with Gasteiger partial charge in [0.05, 0.1) is 15.3 Å². The molecule has 23 heavy (non-hydrogen) atoms. The van der Waals surface area contributed by atoms with Gasteiger partial charge < -0.3 is 5.32 Å². The molecule has 0 saturated carbocycles. The van der Waals surface area contributed by atoms with E-state index in [4.69, 9.17) is 23.2 Å². The van der Waals surface area contributed by atoms with E-state index in [0.29, 0.717) is 26.2 Å². The van der Waals surface area contributed by atoms with Crippen LogP contribution in [0.1, 0.15) is 24.2 Å². The van der Waals surface area contributed by atoms with Crippen molar-refractivity contribution in [3.8, 4) is 0 Å². The molecule has 0 aromatic heterocycles. The third kappa shape index (κ3) is 4.74. The summed E-state index contributed by atoms with van der Waals surface area (Å²) in [7, 11) is 0. The van der Waals surface area contributed by atoms with E-state index in [2.05, 4.69) is 5.32 Å². The molecule has 2 aromatic carbocycles. The molecule has 120 valence electrons. The van der Waals surface area contributed by atoms with Crippen LogP contribution in [0.5, 0.6) is 0 Å². The van der Waals surface area contributed by atoms with Gasteiger partial charge in [0.15, 0.2) is 5.78 Å². The molecule has 0 aliphatic rings. The van der Waals surface area contributed by atoms with E-state index >= 15 is 0 Å². The minimum absolute atomic E-state index is 0.0497. The SMILES string of the molecule is CC(=O)c1cccc(NC(=O)[C@@H](C)Sc2c(Cl)cccc2Cl)c1. The van der Waals surface area contributed by atoms with Crippen molar-refractivity contribution >= 4 is 52.3 Å². The second-order valence-electron chi connectivity index (χ2n) is 4.94. The lowest BCUT2D eigenvalue weighted by atomic mass is 10.1. The summed E-state index contributed by atoms with van der Waals surface area (Å²) >= 11 is 13.5. The van der Waals surface area contributed by atoms with E-state index in [9.17, 15) is 9.59 Å². The number of halogens is 2. The van der Waals surface area contributed by atoms with E-state index < -0.39 is 5.25 Å². The largest absolute Gasteiger partial charge is 0.325 e. The van der Waals surface area contributed by atoms with E-state index in [1.54, 1.807) is 49.4 Å². The van der Waals surface area contributed by atoms with Crippen molar-refractivity contribution in [1.29, 1.82) is 0 Å². The standard InChI is InChI=1S/C17H15Cl2NO2S/c1-10(21)12-5-3-6-13(9-12)20-17(22)11(2)23-16-14(18)7-4-8-15(16)19/h3-9,11H,1-2H3,(H,20,22)/t11-/m1/s1. The van der Waals surface area contributed by atoms with Gasteiger partial charge in [0.2, 0.25) is 5.91 Å². The molecule has 0 saturated heterocycles. The van der Waals surface area contributed by atoms with Crippen LogP contribution in [0.4, 0.5) is 5.69 Å². The highest BCUT2D eigenvalue weighted by molar-refractivity contribution is 8.00. The Morgan fingerprint density at radius 3 is 2.30 bits per heavy atom. The predicted molar refractivity (Wildman–Crippen MR) is 96.9 cm³/mol. The van der Waals surface area contributed by atoms with Crippen molar-refractivity contribution in [2.24, 2.45) is 0 Å². The summed E-state index contributed by atoms with van der Waals surface area (Å²) in [6, 6.07) is 12.1. The summed E-state index contributed by atoms with van der Waals surface area (Å²) < 4.78 is 0. The summed E-state index contributed by atoms with van der Waals surface area (Å²) in [5.74, 6) is -0.238. The molecule has 0 aliphatic heterocycles. The average Bonchev–Trinajstić information content (AvgIpc) is 2.51. The fourth-order valence-electron chi connectivity index (χ4n) is 1.89. The van der Waals surface area contributed by atoms with Gasteiger partial charge in [-0.25, -0.2) is 0 Å². The van der Waals surface area contributed by atoms with Crippen LogP contribution in [0.3, 0.4) is 0 Å². The normalized spacial score (nSPS) is 11.8. The van der Waals surface area contributed by atoms with Crippen molar-refractivity contribution in [2.75, 3.05) is 5.32 Å². The maximum absolute atomic E-state index is 12.3. The first-order chi connectivity index (χ1) is 10.9. The molecule has 2 rings (SSSR count). The summed E-state index contributed by atoms with van der Waals surface area (Å²) in [4.78, 5) is 24.4. The first-order valence-corrected chi connectivity index (χ1v) is 8.54. The van der Waals surface area contributed by atoms with Crippen LogP contribution in [-0.2, 0) is 4.79 Å². The second kappa shape index (κ2) is 7.86. The van der Waals surface area contributed by atoms with Gasteiger partial charge >= 0.3 is 0 Å². The molecular formula is C17H15Cl2NO2S. The number of Topliss-reactive ketones (excluding diaryl/α,β-unsaturated/α-hetero) is 1. The Labute approximate surface area is 149 Å². The van der Waals surface area contributed by atoms with Gasteiger partial charge in [-0.05, 0) is 38.1 Å². The van der Waals surface area contributed by atoms with Crippen LogP contribution >= 0.6 is 35.0 Å². The van der Waals surface area contributed by atoms with Crippen molar-refractivity contribution in [3.05, 3.63) is 58.1 Å². The molecule has 6 heteroatoms. The molecule has 0 aliphatic carbocycles. The highest BCUT2D eigenvalue weighted by atomic mass is 35.5.